The molecule has 1 aliphatic carbocycles. The number of nitrogens with two attached hydrogens (primary N) is 1. The van der Waals surface area contributed by atoms with E-state index in [2.05, 4.69) is 26.8 Å². The zero-order valence-electron chi connectivity index (χ0n) is 16.8. The Bertz CT molecular complexity index is 1200. The summed E-state index contributed by atoms with van der Waals surface area (Å²) in [6.07, 6.45) is 9.13. The Labute approximate surface area is 173 Å². The predicted molar refractivity (Wildman–Crippen MR) is 116 cm³/mol. The summed E-state index contributed by atoms with van der Waals surface area (Å²) in [4.78, 5) is 25.1. The molecule has 4 rings (SSSR count). The van der Waals surface area contributed by atoms with Crippen molar-refractivity contribution in [3.8, 4) is 11.3 Å². The van der Waals surface area contributed by atoms with Gasteiger partial charge in [-0.3, -0.25) is 9.78 Å². The third-order valence-electron chi connectivity index (χ3n) is 5.53. The lowest BCUT2D eigenvalue weighted by atomic mass is 10.0. The maximum Gasteiger partial charge on any atom is 0.229 e. The van der Waals surface area contributed by atoms with Gasteiger partial charge in [0.1, 0.15) is 17.3 Å². The highest BCUT2D eigenvalue weighted by Gasteiger charge is 2.44. The molecule has 0 bridgehead atoms. The Morgan fingerprint density at radius 1 is 1.33 bits per heavy atom. The van der Waals surface area contributed by atoms with E-state index in [-0.39, 0.29) is 40.5 Å². The van der Waals surface area contributed by atoms with Crippen LogP contribution in [0.3, 0.4) is 0 Å². The van der Waals surface area contributed by atoms with Crippen LogP contribution in [-0.4, -0.2) is 20.9 Å². The smallest absolute Gasteiger partial charge is 0.229 e. The van der Waals surface area contributed by atoms with Crippen LogP contribution in [0.25, 0.3) is 22.0 Å². The molecule has 7 heteroatoms. The molecule has 0 radical (unpaired) electrons. The number of carbonyl (C=O) groups is 1. The fourth-order valence-corrected chi connectivity index (χ4v) is 3.71. The molecule has 3 aromatic rings. The Morgan fingerprint density at radius 3 is 2.83 bits per heavy atom. The van der Waals surface area contributed by atoms with Gasteiger partial charge in [0.25, 0.3) is 0 Å². The summed E-state index contributed by atoms with van der Waals surface area (Å²) in [5.41, 5.74) is 8.65. The summed E-state index contributed by atoms with van der Waals surface area (Å²) in [6.45, 7) is 7.57. The molecule has 0 aromatic carbocycles. The van der Waals surface area contributed by atoms with Gasteiger partial charge in [-0.1, -0.05) is 18.7 Å². The number of halogens is 1. The number of rotatable bonds is 5. The normalized spacial score (nSPS) is 18.3. The molecule has 1 amide bonds. The van der Waals surface area contributed by atoms with Crippen LogP contribution in [0.4, 0.5) is 16.0 Å². The van der Waals surface area contributed by atoms with E-state index in [4.69, 9.17) is 5.73 Å². The first-order valence-electron chi connectivity index (χ1n) is 9.69. The van der Waals surface area contributed by atoms with Crippen LogP contribution in [0.1, 0.15) is 18.9 Å². The summed E-state index contributed by atoms with van der Waals surface area (Å²) in [5.74, 6) is -0.186. The molecule has 6 nitrogen and oxygen atoms in total. The summed E-state index contributed by atoms with van der Waals surface area (Å²) in [6, 6.07) is 3.28. The molecule has 1 aliphatic rings. The molecule has 1 fully saturated rings. The standard InChI is InChI=1S/C23H22FN5O/c1-4-13(5-2)14-8-16(14)23(30)28-19-9-15-18(11-27-19)22(25)29-21(20(15)24)17-10-26-7-6-12(17)3/h4-7,9-11,14,16H,1,8H2,2-3H3,(H2,25,29)(H,27,28,30)/b13-5+/t14-,16+/m0/s1. The van der Waals surface area contributed by atoms with Gasteiger partial charge < -0.3 is 11.1 Å². The SMILES string of the molecule is C=C/C(=C\C)[C@@H]1C[C@H]1C(=O)Nc1cc2c(F)c(-c3cnccc3C)nc(N)c2cn1. The van der Waals surface area contributed by atoms with Crippen molar-refractivity contribution in [3.63, 3.8) is 0 Å². The van der Waals surface area contributed by atoms with E-state index in [9.17, 15) is 4.79 Å². The Morgan fingerprint density at radius 2 is 2.13 bits per heavy atom. The minimum Gasteiger partial charge on any atom is -0.383 e. The number of nitrogen functional groups attached to an aromatic ring is 1. The fraction of sp³-hybridized carbons (Fsp3) is 0.217. The van der Waals surface area contributed by atoms with Gasteiger partial charge in [-0.2, -0.15) is 0 Å². The number of anilines is 2. The summed E-state index contributed by atoms with van der Waals surface area (Å²) < 4.78 is 15.4. The topological polar surface area (TPSA) is 93.8 Å². The molecule has 30 heavy (non-hydrogen) atoms. The van der Waals surface area contributed by atoms with Crippen molar-refractivity contribution in [1.82, 2.24) is 15.0 Å². The number of fused-ring (bicyclic) bond motifs is 1. The van der Waals surface area contributed by atoms with Crippen LogP contribution in [0.5, 0.6) is 0 Å². The van der Waals surface area contributed by atoms with Gasteiger partial charge in [0.05, 0.1) is 0 Å². The second-order valence-electron chi connectivity index (χ2n) is 7.40. The molecule has 0 unspecified atom stereocenters. The lowest BCUT2D eigenvalue weighted by Gasteiger charge is -2.11. The lowest BCUT2D eigenvalue weighted by Crippen LogP contribution is -2.16. The van der Waals surface area contributed by atoms with E-state index in [1.54, 1.807) is 24.5 Å². The van der Waals surface area contributed by atoms with E-state index in [1.807, 2.05) is 19.9 Å². The number of allylic oxidation sites excluding steroid dienone is 3. The van der Waals surface area contributed by atoms with Crippen molar-refractivity contribution in [3.05, 3.63) is 66.4 Å². The number of aryl methyl sites for hydroxylation is 1. The Hall–Kier alpha value is -3.61. The highest BCUT2D eigenvalue weighted by molar-refractivity contribution is 5.99. The number of pyridine rings is 3. The van der Waals surface area contributed by atoms with E-state index in [0.29, 0.717) is 10.9 Å². The van der Waals surface area contributed by atoms with Crippen LogP contribution < -0.4 is 11.1 Å². The first-order chi connectivity index (χ1) is 14.4. The van der Waals surface area contributed by atoms with Gasteiger partial charge in [0.15, 0.2) is 5.82 Å². The fourth-order valence-electron chi connectivity index (χ4n) is 3.71. The number of hydrogen-bond acceptors (Lipinski definition) is 5. The van der Waals surface area contributed by atoms with E-state index < -0.39 is 5.82 Å². The summed E-state index contributed by atoms with van der Waals surface area (Å²) in [7, 11) is 0. The largest absolute Gasteiger partial charge is 0.383 e. The van der Waals surface area contributed by atoms with Crippen molar-refractivity contribution in [1.29, 1.82) is 0 Å². The van der Waals surface area contributed by atoms with Crippen LogP contribution in [0.15, 0.2) is 55.0 Å². The molecule has 3 aromatic heterocycles. The van der Waals surface area contributed by atoms with Crippen molar-refractivity contribution in [2.24, 2.45) is 11.8 Å². The average Bonchev–Trinajstić information content (AvgIpc) is 3.53. The first-order valence-corrected chi connectivity index (χ1v) is 9.69. The molecule has 0 spiro atoms. The van der Waals surface area contributed by atoms with Crippen molar-refractivity contribution < 1.29 is 9.18 Å². The van der Waals surface area contributed by atoms with Gasteiger partial charge in [-0.25, -0.2) is 14.4 Å². The molecule has 2 atom stereocenters. The molecule has 3 heterocycles. The molecule has 0 saturated heterocycles. The molecule has 3 N–H and O–H groups in total. The van der Waals surface area contributed by atoms with Gasteiger partial charge in [-0.15, -0.1) is 0 Å². The summed E-state index contributed by atoms with van der Waals surface area (Å²) >= 11 is 0. The maximum atomic E-state index is 15.4. The van der Waals surface area contributed by atoms with Gasteiger partial charge >= 0.3 is 0 Å². The zero-order chi connectivity index (χ0) is 21.4. The number of aromatic nitrogens is 3. The van der Waals surface area contributed by atoms with Crippen LogP contribution in [0.2, 0.25) is 0 Å². The van der Waals surface area contributed by atoms with Crippen LogP contribution >= 0.6 is 0 Å². The van der Waals surface area contributed by atoms with Crippen molar-refractivity contribution in [2.45, 2.75) is 20.3 Å². The van der Waals surface area contributed by atoms with Gasteiger partial charge in [0.2, 0.25) is 5.91 Å². The quantitative estimate of drug-likeness (QED) is 0.615. The highest BCUT2D eigenvalue weighted by Crippen LogP contribution is 2.45. The first kappa shape index (κ1) is 19.7. The van der Waals surface area contributed by atoms with Gasteiger partial charge in [-0.05, 0) is 49.5 Å². The third-order valence-corrected chi connectivity index (χ3v) is 5.53. The van der Waals surface area contributed by atoms with Gasteiger partial charge in [0, 0.05) is 40.8 Å². The minimum absolute atomic E-state index is 0.125. The maximum absolute atomic E-state index is 15.4. The predicted octanol–water partition coefficient (Wildman–Crippen LogP) is 4.43. The lowest BCUT2D eigenvalue weighted by molar-refractivity contribution is -0.117. The number of carbonyl (C=O) groups excluding carboxylic acids is 1. The number of hydrogen-bond donors (Lipinski definition) is 2. The molecule has 1 saturated carbocycles. The number of amides is 1. The van der Waals surface area contributed by atoms with E-state index in [1.165, 1.54) is 12.3 Å². The molecular weight excluding hydrogens is 381 g/mol. The molecule has 152 valence electrons. The van der Waals surface area contributed by atoms with E-state index in [0.717, 1.165) is 17.6 Å². The van der Waals surface area contributed by atoms with Crippen LogP contribution in [-0.2, 0) is 4.79 Å². The van der Waals surface area contributed by atoms with Crippen molar-refractivity contribution in [2.75, 3.05) is 11.1 Å². The highest BCUT2D eigenvalue weighted by atomic mass is 19.1. The monoisotopic (exact) mass is 403 g/mol. The third kappa shape index (κ3) is 3.43. The minimum atomic E-state index is -0.527. The number of nitrogens with one attached hydrogen (secondary N) is 1. The number of nitrogens with zero attached hydrogens (tertiary/aromatic N) is 3. The van der Waals surface area contributed by atoms with Crippen LogP contribution in [0, 0.1) is 24.6 Å². The zero-order valence-corrected chi connectivity index (χ0v) is 16.8. The molecule has 0 aliphatic heterocycles. The second-order valence-corrected chi connectivity index (χ2v) is 7.40. The molecular formula is C23H22FN5O. The van der Waals surface area contributed by atoms with Crippen molar-refractivity contribution >= 4 is 28.3 Å². The Balaban J connectivity index is 1.67. The average molecular weight is 403 g/mol. The second kappa shape index (κ2) is 7.67. The Kier molecular flexibility index (Phi) is 5.03. The van der Waals surface area contributed by atoms with E-state index >= 15 is 4.39 Å². The summed E-state index contributed by atoms with van der Waals surface area (Å²) in [5, 5.41) is 3.43.